The van der Waals surface area contributed by atoms with Crippen LogP contribution < -0.4 is 0 Å². The zero-order valence-corrected chi connectivity index (χ0v) is 14.3. The molecule has 0 spiro atoms. The van der Waals surface area contributed by atoms with E-state index in [0.29, 0.717) is 4.90 Å². The highest BCUT2D eigenvalue weighted by molar-refractivity contribution is 9.10. The van der Waals surface area contributed by atoms with Gasteiger partial charge < -0.3 is 0 Å². The summed E-state index contributed by atoms with van der Waals surface area (Å²) in [4.78, 5) is 2.44. The molecule has 0 aliphatic carbocycles. The summed E-state index contributed by atoms with van der Waals surface area (Å²) in [7, 11) is -3.21. The van der Waals surface area contributed by atoms with Crippen LogP contribution in [-0.4, -0.2) is 14.7 Å². The summed E-state index contributed by atoms with van der Waals surface area (Å²) >= 11 is 11.5. The molecule has 0 amide bonds. The van der Waals surface area contributed by atoms with Gasteiger partial charge in [0.25, 0.3) is 0 Å². The van der Waals surface area contributed by atoms with Gasteiger partial charge in [-0.05, 0) is 46.6 Å². The van der Waals surface area contributed by atoms with Crippen molar-refractivity contribution in [2.24, 2.45) is 0 Å². The van der Waals surface area contributed by atoms with Crippen molar-refractivity contribution in [3.05, 3.63) is 50.1 Å². The maximum atomic E-state index is 11.6. The summed E-state index contributed by atoms with van der Waals surface area (Å²) in [5, 5.41) is -0.336. The molecule has 102 valence electrons. The van der Waals surface area contributed by atoms with E-state index in [0.717, 1.165) is 19.8 Å². The number of benzene rings is 1. The van der Waals surface area contributed by atoms with E-state index in [1.54, 1.807) is 29.5 Å². The van der Waals surface area contributed by atoms with Gasteiger partial charge in [0, 0.05) is 20.5 Å². The summed E-state index contributed by atoms with van der Waals surface area (Å²) in [5.74, 6) is 0. The van der Waals surface area contributed by atoms with Crippen LogP contribution in [0.25, 0.3) is 0 Å². The van der Waals surface area contributed by atoms with E-state index in [1.165, 1.54) is 6.26 Å². The predicted molar refractivity (Wildman–Crippen MR) is 84.0 cm³/mol. The highest BCUT2D eigenvalue weighted by Crippen LogP contribution is 2.37. The first-order valence-corrected chi connectivity index (χ1v) is 9.42. The van der Waals surface area contributed by atoms with Gasteiger partial charge in [0.2, 0.25) is 0 Å². The molecule has 0 saturated heterocycles. The van der Waals surface area contributed by atoms with E-state index in [4.69, 9.17) is 11.6 Å². The van der Waals surface area contributed by atoms with Gasteiger partial charge in [0.1, 0.15) is 0 Å². The van der Waals surface area contributed by atoms with Gasteiger partial charge >= 0.3 is 0 Å². The van der Waals surface area contributed by atoms with Gasteiger partial charge in [-0.2, -0.15) is 0 Å². The third-order valence-corrected chi connectivity index (χ3v) is 6.63. The van der Waals surface area contributed by atoms with Crippen LogP contribution in [0.5, 0.6) is 0 Å². The normalized spacial score (nSPS) is 13.5. The molecule has 6 heteroatoms. The molecule has 2 nitrogen and oxygen atoms in total. The Bertz CT molecular complexity index is 688. The summed E-state index contributed by atoms with van der Waals surface area (Å²) in [6.45, 7) is 2.01. The molecule has 0 N–H and O–H groups in total. The molecule has 1 atom stereocenters. The Morgan fingerprint density at radius 1 is 1.32 bits per heavy atom. The van der Waals surface area contributed by atoms with Crippen molar-refractivity contribution in [1.29, 1.82) is 0 Å². The van der Waals surface area contributed by atoms with Crippen molar-refractivity contribution < 1.29 is 8.42 Å². The Morgan fingerprint density at radius 3 is 2.53 bits per heavy atom. The van der Waals surface area contributed by atoms with Crippen molar-refractivity contribution in [2.45, 2.75) is 17.2 Å². The molecule has 19 heavy (non-hydrogen) atoms. The van der Waals surface area contributed by atoms with Gasteiger partial charge in [-0.1, -0.05) is 12.1 Å². The number of hydrogen-bond donors (Lipinski definition) is 0. The van der Waals surface area contributed by atoms with E-state index in [2.05, 4.69) is 15.9 Å². The zero-order valence-electron chi connectivity index (χ0n) is 10.4. The van der Waals surface area contributed by atoms with Crippen LogP contribution in [0.2, 0.25) is 0 Å². The number of aryl methyl sites for hydroxylation is 1. The number of rotatable bonds is 3. The van der Waals surface area contributed by atoms with Gasteiger partial charge in [-0.3, -0.25) is 0 Å². The van der Waals surface area contributed by atoms with Crippen molar-refractivity contribution in [1.82, 2.24) is 0 Å². The Morgan fingerprint density at radius 2 is 2.00 bits per heavy atom. The lowest BCUT2D eigenvalue weighted by Crippen LogP contribution is -1.99. The second kappa shape index (κ2) is 5.56. The van der Waals surface area contributed by atoms with Crippen LogP contribution in [0, 0.1) is 6.92 Å². The van der Waals surface area contributed by atoms with E-state index < -0.39 is 9.84 Å². The SMILES string of the molecule is Cc1sc(C(Cl)c2cccc(S(C)(=O)=O)c2)cc1Br. The summed E-state index contributed by atoms with van der Waals surface area (Å²) in [5.41, 5.74) is 0.790. The fraction of sp³-hybridized carbons (Fsp3) is 0.231. The average molecular weight is 380 g/mol. The molecule has 0 bridgehead atoms. The van der Waals surface area contributed by atoms with Gasteiger partial charge in [0.15, 0.2) is 9.84 Å². The minimum Gasteiger partial charge on any atom is -0.224 e. The first kappa shape index (κ1) is 15.0. The van der Waals surface area contributed by atoms with Crippen LogP contribution in [0.4, 0.5) is 0 Å². The summed E-state index contributed by atoms with van der Waals surface area (Å²) in [6.07, 6.45) is 1.20. The number of hydrogen-bond acceptors (Lipinski definition) is 3. The maximum absolute atomic E-state index is 11.6. The fourth-order valence-electron chi connectivity index (χ4n) is 1.67. The molecule has 1 aromatic heterocycles. The van der Waals surface area contributed by atoms with Crippen molar-refractivity contribution in [3.8, 4) is 0 Å². The van der Waals surface area contributed by atoms with Crippen LogP contribution >= 0.6 is 38.9 Å². The molecule has 1 heterocycles. The standard InChI is InChI=1S/C13H12BrClO2S2/c1-8-11(14)7-12(18-8)13(15)9-4-3-5-10(6-9)19(2,16)17/h3-7,13H,1-2H3. The fourth-order valence-corrected chi connectivity index (χ4v) is 4.25. The lowest BCUT2D eigenvalue weighted by molar-refractivity contribution is 0.602. The van der Waals surface area contributed by atoms with Crippen LogP contribution in [0.3, 0.4) is 0 Å². The third-order valence-electron chi connectivity index (χ3n) is 2.70. The molecule has 0 fully saturated rings. The number of sulfone groups is 1. The lowest BCUT2D eigenvalue weighted by Gasteiger charge is -2.09. The second-order valence-corrected chi connectivity index (χ2v) is 8.85. The van der Waals surface area contributed by atoms with Crippen LogP contribution in [0.15, 0.2) is 39.7 Å². The highest BCUT2D eigenvalue weighted by Gasteiger charge is 2.17. The Labute approximate surface area is 130 Å². The van der Waals surface area contributed by atoms with Gasteiger partial charge in [-0.25, -0.2) is 8.42 Å². The van der Waals surface area contributed by atoms with E-state index in [-0.39, 0.29) is 5.38 Å². The Kier molecular flexibility index (Phi) is 4.40. The molecule has 2 aromatic rings. The number of thiophene rings is 1. The van der Waals surface area contributed by atoms with Crippen molar-refractivity contribution in [2.75, 3.05) is 6.26 Å². The Hall–Kier alpha value is -0.360. The minimum absolute atomic E-state index is 0.294. The maximum Gasteiger partial charge on any atom is 0.175 e. The van der Waals surface area contributed by atoms with E-state index in [9.17, 15) is 8.42 Å². The zero-order chi connectivity index (χ0) is 14.2. The minimum atomic E-state index is -3.21. The van der Waals surface area contributed by atoms with Crippen molar-refractivity contribution >= 4 is 48.7 Å². The van der Waals surface area contributed by atoms with Gasteiger partial charge in [0.05, 0.1) is 10.3 Å². The smallest absolute Gasteiger partial charge is 0.175 e. The third kappa shape index (κ3) is 3.40. The van der Waals surface area contributed by atoms with E-state index in [1.807, 2.05) is 19.1 Å². The molecule has 0 aliphatic rings. The van der Waals surface area contributed by atoms with Crippen LogP contribution in [0.1, 0.15) is 20.7 Å². The summed E-state index contributed by atoms with van der Waals surface area (Å²) < 4.78 is 24.1. The summed E-state index contributed by atoms with van der Waals surface area (Å²) in [6, 6.07) is 8.75. The monoisotopic (exact) mass is 378 g/mol. The van der Waals surface area contributed by atoms with Gasteiger partial charge in [-0.15, -0.1) is 22.9 Å². The molecule has 0 saturated carbocycles. The van der Waals surface area contributed by atoms with Crippen LogP contribution in [-0.2, 0) is 9.84 Å². The topological polar surface area (TPSA) is 34.1 Å². The largest absolute Gasteiger partial charge is 0.224 e. The highest BCUT2D eigenvalue weighted by atomic mass is 79.9. The number of halogens is 2. The molecular formula is C13H12BrClO2S2. The Balaban J connectivity index is 2.42. The molecular weight excluding hydrogens is 368 g/mol. The molecule has 1 aromatic carbocycles. The average Bonchev–Trinajstić information content (AvgIpc) is 2.68. The number of alkyl halides is 1. The predicted octanol–water partition coefficient (Wildman–Crippen LogP) is 4.55. The van der Waals surface area contributed by atoms with Crippen molar-refractivity contribution in [3.63, 3.8) is 0 Å². The second-order valence-electron chi connectivity index (χ2n) is 4.26. The quantitative estimate of drug-likeness (QED) is 0.733. The molecule has 0 aliphatic heterocycles. The first-order valence-electron chi connectivity index (χ1n) is 5.49. The molecule has 1 unspecified atom stereocenters. The first-order chi connectivity index (χ1) is 8.79. The molecule has 0 radical (unpaired) electrons. The van der Waals surface area contributed by atoms with E-state index >= 15 is 0 Å². The molecule has 2 rings (SSSR count). The lowest BCUT2D eigenvalue weighted by atomic mass is 10.1.